The fraction of sp³-hybridized carbons (Fsp3) is 0.583. The highest BCUT2D eigenvalue weighted by atomic mass is 35.5. The Hall–Kier alpha value is -2.48. The first kappa shape index (κ1) is 28.5. The molecule has 1 unspecified atom stereocenters. The van der Waals surface area contributed by atoms with E-state index in [9.17, 15) is 27.6 Å². The predicted molar refractivity (Wildman–Crippen MR) is 142 cm³/mol. The molecule has 1 N–H and O–H groups in total. The first-order valence-electron chi connectivity index (χ1n) is 12.5. The van der Waals surface area contributed by atoms with E-state index < -0.39 is 40.0 Å². The Bertz CT molecular complexity index is 1220. The maximum Gasteiger partial charge on any atom is 0.328 e. The molecule has 3 fully saturated rings. The van der Waals surface area contributed by atoms with Gasteiger partial charge in [-0.1, -0.05) is 11.6 Å². The minimum atomic E-state index is -3.91. The molecule has 3 aliphatic rings. The van der Waals surface area contributed by atoms with Crippen molar-refractivity contribution in [2.75, 3.05) is 33.3 Å². The van der Waals surface area contributed by atoms with E-state index in [2.05, 4.69) is 4.72 Å². The van der Waals surface area contributed by atoms with E-state index in [0.717, 1.165) is 5.41 Å². The summed E-state index contributed by atoms with van der Waals surface area (Å²) in [5, 5.41) is 0.993. The number of esters is 1. The van der Waals surface area contributed by atoms with E-state index in [-0.39, 0.29) is 18.4 Å². The molecule has 3 saturated heterocycles. The first-order valence-corrected chi connectivity index (χ1v) is 15.3. The van der Waals surface area contributed by atoms with Crippen molar-refractivity contribution in [2.45, 2.75) is 56.7 Å². The molecule has 38 heavy (non-hydrogen) atoms. The molecule has 1 aromatic heterocycles. The average molecular weight is 587 g/mol. The molecule has 0 aromatic carbocycles. The van der Waals surface area contributed by atoms with Crippen LogP contribution >= 0.6 is 22.9 Å². The number of halogens is 1. The number of hydrogen-bond acceptors (Lipinski definition) is 8. The number of amides is 3. The molecule has 11 nitrogen and oxygen atoms in total. The van der Waals surface area contributed by atoms with Gasteiger partial charge in [0.05, 0.1) is 18.0 Å². The molecule has 4 rings (SSSR count). The summed E-state index contributed by atoms with van der Waals surface area (Å²) in [6.07, 6.45) is 4.56. The molecule has 1 aromatic rings. The third-order valence-electron chi connectivity index (χ3n) is 7.04. The Kier molecular flexibility index (Phi) is 9.11. The zero-order chi connectivity index (χ0) is 27.4. The van der Waals surface area contributed by atoms with Crippen LogP contribution in [0.15, 0.2) is 17.5 Å². The summed E-state index contributed by atoms with van der Waals surface area (Å²) in [4.78, 5) is 56.6. The monoisotopic (exact) mass is 586 g/mol. The van der Waals surface area contributed by atoms with Crippen molar-refractivity contribution in [3.63, 3.8) is 0 Å². The topological polar surface area (TPSA) is 133 Å². The number of carbonyl (C=O) groups is 4. The Labute approximate surface area is 230 Å². The highest BCUT2D eigenvalue weighted by Crippen LogP contribution is 2.26. The summed E-state index contributed by atoms with van der Waals surface area (Å²) in [5.41, 5.74) is 0. The van der Waals surface area contributed by atoms with Gasteiger partial charge in [-0.3, -0.25) is 14.4 Å². The number of ether oxygens (including phenoxy) is 1. The van der Waals surface area contributed by atoms with Gasteiger partial charge in [0.2, 0.25) is 27.7 Å². The van der Waals surface area contributed by atoms with Gasteiger partial charge in [-0.2, -0.15) is 4.72 Å². The standard InChI is InChI=1S/C24H31ClN4O7S2/c1-36-24(33)19-7-4-13-29(19)23(32)18-6-3-12-28(18)21(30)15-27-11-2-5-17(22(27)31)26-38(34,35)14-10-16-8-9-20(25)37-16/h8-10,14,17-19,26H,2-7,11-13,15H2,1H3/b14-10+/t17-,18-,19?/m0/s1. The predicted octanol–water partition coefficient (Wildman–Crippen LogP) is 1.44. The summed E-state index contributed by atoms with van der Waals surface area (Å²) >= 11 is 7.10. The Morgan fingerprint density at radius 2 is 1.76 bits per heavy atom. The minimum absolute atomic E-state index is 0.245. The van der Waals surface area contributed by atoms with E-state index in [1.165, 1.54) is 39.2 Å². The lowest BCUT2D eigenvalue weighted by molar-refractivity contribution is -0.154. The summed E-state index contributed by atoms with van der Waals surface area (Å²) in [5.74, 6) is -1.60. The van der Waals surface area contributed by atoms with Crippen LogP contribution in [0.3, 0.4) is 0 Å². The molecule has 0 saturated carbocycles. The molecule has 208 valence electrons. The van der Waals surface area contributed by atoms with Gasteiger partial charge in [0, 0.05) is 29.9 Å². The summed E-state index contributed by atoms with van der Waals surface area (Å²) in [6, 6.07) is 1.02. The number of sulfonamides is 1. The van der Waals surface area contributed by atoms with Crippen LogP contribution in [0.5, 0.6) is 0 Å². The fourth-order valence-electron chi connectivity index (χ4n) is 5.20. The van der Waals surface area contributed by atoms with Crippen LogP contribution in [0, 0.1) is 0 Å². The van der Waals surface area contributed by atoms with Crippen molar-refractivity contribution in [1.82, 2.24) is 19.4 Å². The number of nitrogens with one attached hydrogen (secondary N) is 1. The molecule has 3 atom stereocenters. The number of piperidine rings is 1. The number of nitrogens with zero attached hydrogens (tertiary/aromatic N) is 3. The molecule has 14 heteroatoms. The second-order valence-electron chi connectivity index (χ2n) is 9.52. The molecule has 0 spiro atoms. The summed E-state index contributed by atoms with van der Waals surface area (Å²) in [7, 11) is -2.63. The van der Waals surface area contributed by atoms with E-state index in [1.807, 2.05) is 0 Å². The van der Waals surface area contributed by atoms with Gasteiger partial charge in [-0.05, 0) is 56.7 Å². The van der Waals surface area contributed by atoms with Crippen molar-refractivity contribution < 1.29 is 32.3 Å². The second-order valence-corrected chi connectivity index (χ2v) is 12.9. The van der Waals surface area contributed by atoms with Gasteiger partial charge in [-0.25, -0.2) is 13.2 Å². The first-order chi connectivity index (χ1) is 18.1. The Morgan fingerprint density at radius 1 is 1.08 bits per heavy atom. The summed E-state index contributed by atoms with van der Waals surface area (Å²) in [6.45, 7) is 0.874. The molecule has 0 aliphatic carbocycles. The Balaban J connectivity index is 1.37. The van der Waals surface area contributed by atoms with Crippen LogP contribution in [0.25, 0.3) is 6.08 Å². The van der Waals surface area contributed by atoms with Crippen LogP contribution in [0.2, 0.25) is 4.34 Å². The lowest BCUT2D eigenvalue weighted by Crippen LogP contribution is -2.56. The third-order valence-corrected chi connectivity index (χ3v) is 9.34. The Morgan fingerprint density at radius 3 is 2.45 bits per heavy atom. The quantitative estimate of drug-likeness (QED) is 0.456. The maximum absolute atomic E-state index is 13.3. The highest BCUT2D eigenvalue weighted by Gasteiger charge is 2.43. The van der Waals surface area contributed by atoms with Crippen molar-refractivity contribution in [3.05, 3.63) is 26.8 Å². The van der Waals surface area contributed by atoms with Gasteiger partial charge in [0.1, 0.15) is 18.1 Å². The third kappa shape index (κ3) is 6.56. The molecular weight excluding hydrogens is 556 g/mol. The normalized spacial score (nSPS) is 24.4. The van der Waals surface area contributed by atoms with Crippen molar-refractivity contribution in [1.29, 1.82) is 0 Å². The van der Waals surface area contributed by atoms with Crippen LogP contribution in [-0.4, -0.2) is 98.2 Å². The smallest absolute Gasteiger partial charge is 0.328 e. The van der Waals surface area contributed by atoms with Crippen LogP contribution in [0.1, 0.15) is 43.4 Å². The average Bonchev–Trinajstić information content (AvgIpc) is 3.65. The van der Waals surface area contributed by atoms with Crippen LogP contribution in [0.4, 0.5) is 0 Å². The molecule has 3 amide bonds. The minimum Gasteiger partial charge on any atom is -0.467 e. The van der Waals surface area contributed by atoms with Gasteiger partial charge < -0.3 is 19.4 Å². The molecule has 3 aliphatic heterocycles. The lowest BCUT2D eigenvalue weighted by atomic mass is 10.1. The SMILES string of the molecule is COC(=O)C1CCCN1C(=O)[C@@H]1CCCN1C(=O)CN1CCC[C@H](NS(=O)(=O)/C=C/c2ccc(Cl)s2)C1=O. The van der Waals surface area contributed by atoms with Gasteiger partial charge in [-0.15, -0.1) is 11.3 Å². The van der Waals surface area contributed by atoms with Crippen LogP contribution in [-0.2, 0) is 33.9 Å². The van der Waals surface area contributed by atoms with Crippen molar-refractivity contribution in [2.24, 2.45) is 0 Å². The van der Waals surface area contributed by atoms with Gasteiger partial charge in [0.15, 0.2) is 0 Å². The maximum atomic E-state index is 13.3. The number of carbonyl (C=O) groups excluding carboxylic acids is 4. The molecule has 0 bridgehead atoms. The number of likely N-dealkylation sites (tertiary alicyclic amines) is 3. The highest BCUT2D eigenvalue weighted by molar-refractivity contribution is 7.92. The van der Waals surface area contributed by atoms with Gasteiger partial charge >= 0.3 is 5.97 Å². The van der Waals surface area contributed by atoms with Crippen molar-refractivity contribution in [3.8, 4) is 0 Å². The fourth-order valence-corrected chi connectivity index (χ4v) is 7.27. The molecular formula is C24H31ClN4O7S2. The number of hydrogen-bond donors (Lipinski definition) is 1. The largest absolute Gasteiger partial charge is 0.467 e. The number of thiophene rings is 1. The zero-order valence-corrected chi connectivity index (χ0v) is 23.4. The molecule has 4 heterocycles. The summed E-state index contributed by atoms with van der Waals surface area (Å²) < 4.78 is 32.9. The second kappa shape index (κ2) is 12.1. The number of rotatable bonds is 8. The van der Waals surface area contributed by atoms with Crippen LogP contribution < -0.4 is 4.72 Å². The van der Waals surface area contributed by atoms with E-state index in [1.54, 1.807) is 12.1 Å². The molecule has 0 radical (unpaired) electrons. The van der Waals surface area contributed by atoms with Gasteiger partial charge in [0.25, 0.3) is 0 Å². The zero-order valence-electron chi connectivity index (χ0n) is 21.0. The van der Waals surface area contributed by atoms with E-state index >= 15 is 0 Å². The number of methoxy groups -OCH3 is 1. The van der Waals surface area contributed by atoms with Crippen molar-refractivity contribution >= 4 is 62.7 Å². The van der Waals surface area contributed by atoms with E-state index in [0.29, 0.717) is 67.4 Å². The lowest BCUT2D eigenvalue weighted by Gasteiger charge is -2.34. The van der Waals surface area contributed by atoms with E-state index in [4.69, 9.17) is 16.3 Å².